The van der Waals surface area contributed by atoms with Gasteiger partial charge in [0.25, 0.3) is 0 Å². The molecule has 0 fully saturated rings. The first kappa shape index (κ1) is 29.4. The number of esters is 1. The maximum atomic E-state index is 12.0. The molecule has 0 saturated heterocycles. The molecular weight excluding hydrogens is 376 g/mol. The predicted octanol–water partition coefficient (Wildman–Crippen LogP) is 7.48. The number of methoxy groups -OCH3 is 1. The van der Waals surface area contributed by atoms with Gasteiger partial charge in [-0.25, -0.2) is 4.79 Å². The van der Waals surface area contributed by atoms with E-state index in [1.807, 2.05) is 0 Å². The molecule has 0 aliphatic carbocycles. The fourth-order valence-corrected chi connectivity index (χ4v) is 3.88. The Labute approximate surface area is 187 Å². The summed E-state index contributed by atoms with van der Waals surface area (Å²) in [5, 5.41) is 0. The summed E-state index contributed by atoms with van der Waals surface area (Å²) in [7, 11) is 1.63. The van der Waals surface area contributed by atoms with E-state index in [1.54, 1.807) is 7.11 Å². The third-order valence-corrected chi connectivity index (χ3v) is 6.00. The van der Waals surface area contributed by atoms with E-state index >= 15 is 0 Å². The van der Waals surface area contributed by atoms with Crippen LogP contribution in [0.25, 0.3) is 0 Å². The lowest BCUT2D eigenvalue weighted by atomic mass is 9.80. The van der Waals surface area contributed by atoms with E-state index in [9.17, 15) is 4.79 Å². The summed E-state index contributed by atoms with van der Waals surface area (Å²) in [6.45, 7) is 8.30. The SMILES string of the molecule is CCCCCCCCCCC(C)(CCCCCCCC)COC(=O)COCCOC. The molecule has 0 aromatic heterocycles. The quantitative estimate of drug-likeness (QED) is 0.125. The van der Waals surface area contributed by atoms with Crippen LogP contribution in [-0.4, -0.2) is 39.5 Å². The molecule has 4 heteroatoms. The highest BCUT2D eigenvalue weighted by atomic mass is 16.6. The van der Waals surface area contributed by atoms with Crippen LogP contribution < -0.4 is 0 Å². The maximum absolute atomic E-state index is 12.0. The zero-order valence-corrected chi connectivity index (χ0v) is 20.8. The van der Waals surface area contributed by atoms with Crippen LogP contribution in [-0.2, 0) is 19.0 Å². The summed E-state index contributed by atoms with van der Waals surface area (Å²) in [5.74, 6) is -0.254. The molecule has 180 valence electrons. The van der Waals surface area contributed by atoms with E-state index < -0.39 is 0 Å². The molecule has 0 amide bonds. The van der Waals surface area contributed by atoms with Crippen molar-refractivity contribution in [3.63, 3.8) is 0 Å². The van der Waals surface area contributed by atoms with Crippen molar-refractivity contribution >= 4 is 5.97 Å². The molecule has 0 bridgehead atoms. The molecule has 0 heterocycles. The van der Waals surface area contributed by atoms with E-state index in [4.69, 9.17) is 14.2 Å². The lowest BCUT2D eigenvalue weighted by Gasteiger charge is -2.29. The van der Waals surface area contributed by atoms with Gasteiger partial charge in [0.15, 0.2) is 0 Å². The summed E-state index contributed by atoms with van der Waals surface area (Å²) in [5.41, 5.74) is 0.0924. The predicted molar refractivity (Wildman–Crippen MR) is 127 cm³/mol. The molecule has 0 N–H and O–H groups in total. The molecule has 4 nitrogen and oxygen atoms in total. The van der Waals surface area contributed by atoms with Crippen molar-refractivity contribution in [1.82, 2.24) is 0 Å². The average Bonchev–Trinajstić information content (AvgIpc) is 2.74. The van der Waals surface area contributed by atoms with Crippen molar-refractivity contribution in [1.29, 1.82) is 0 Å². The lowest BCUT2D eigenvalue weighted by molar-refractivity contribution is -0.153. The Kier molecular flexibility index (Phi) is 21.2. The fourth-order valence-electron chi connectivity index (χ4n) is 3.88. The monoisotopic (exact) mass is 428 g/mol. The molecule has 30 heavy (non-hydrogen) atoms. The van der Waals surface area contributed by atoms with Gasteiger partial charge in [0.2, 0.25) is 0 Å². The Morgan fingerprint density at radius 3 is 1.63 bits per heavy atom. The number of unbranched alkanes of at least 4 members (excludes halogenated alkanes) is 12. The van der Waals surface area contributed by atoms with Gasteiger partial charge in [0.05, 0.1) is 19.8 Å². The Morgan fingerprint density at radius 2 is 1.17 bits per heavy atom. The van der Waals surface area contributed by atoms with Gasteiger partial charge in [-0.2, -0.15) is 0 Å². The summed E-state index contributed by atoms with van der Waals surface area (Å²) < 4.78 is 15.8. The van der Waals surface area contributed by atoms with Gasteiger partial charge < -0.3 is 14.2 Å². The van der Waals surface area contributed by atoms with Gasteiger partial charge in [0.1, 0.15) is 6.61 Å². The Bertz CT molecular complexity index is 372. The van der Waals surface area contributed by atoms with Crippen LogP contribution in [0.2, 0.25) is 0 Å². The topological polar surface area (TPSA) is 44.8 Å². The number of hydrogen-bond acceptors (Lipinski definition) is 4. The van der Waals surface area contributed by atoms with Crippen LogP contribution in [0.4, 0.5) is 0 Å². The molecule has 1 atom stereocenters. The minimum Gasteiger partial charge on any atom is -0.463 e. The van der Waals surface area contributed by atoms with Crippen molar-refractivity contribution in [3.05, 3.63) is 0 Å². The Morgan fingerprint density at radius 1 is 0.700 bits per heavy atom. The van der Waals surface area contributed by atoms with Gasteiger partial charge in [-0.3, -0.25) is 0 Å². The van der Waals surface area contributed by atoms with Crippen LogP contribution in [0.1, 0.15) is 124 Å². The van der Waals surface area contributed by atoms with Crippen molar-refractivity contribution in [3.8, 4) is 0 Å². The average molecular weight is 429 g/mol. The minimum atomic E-state index is -0.254. The number of carbonyl (C=O) groups is 1. The highest BCUT2D eigenvalue weighted by Crippen LogP contribution is 2.32. The number of carbonyl (C=O) groups excluding carboxylic acids is 1. The zero-order valence-electron chi connectivity index (χ0n) is 20.8. The second-order valence-electron chi connectivity index (χ2n) is 9.26. The molecule has 0 aromatic rings. The first-order valence-electron chi connectivity index (χ1n) is 12.8. The van der Waals surface area contributed by atoms with Crippen LogP contribution in [0.15, 0.2) is 0 Å². The standard InChI is InChI=1S/C26H52O4/c1-5-7-9-11-13-14-16-18-20-26(3,19-17-15-12-10-8-6-2)24-30-25(27)23-29-22-21-28-4/h5-24H2,1-4H3. The van der Waals surface area contributed by atoms with Crippen LogP contribution in [0, 0.1) is 5.41 Å². The minimum absolute atomic E-state index is 0.0220. The summed E-state index contributed by atoms with van der Waals surface area (Å²) in [4.78, 5) is 12.0. The molecular formula is C26H52O4. The Balaban J connectivity index is 4.20. The number of hydrogen-bond donors (Lipinski definition) is 0. The van der Waals surface area contributed by atoms with Gasteiger partial charge in [0, 0.05) is 12.5 Å². The molecule has 0 aromatic carbocycles. The lowest BCUT2D eigenvalue weighted by Crippen LogP contribution is -2.27. The van der Waals surface area contributed by atoms with E-state index in [-0.39, 0.29) is 18.0 Å². The fraction of sp³-hybridized carbons (Fsp3) is 0.962. The third kappa shape index (κ3) is 19.4. The molecule has 1 unspecified atom stereocenters. The van der Waals surface area contributed by atoms with Crippen molar-refractivity contribution in [2.24, 2.45) is 5.41 Å². The molecule has 0 aliphatic rings. The summed E-state index contributed by atoms with van der Waals surface area (Å²) in [6, 6.07) is 0. The van der Waals surface area contributed by atoms with E-state index in [2.05, 4.69) is 20.8 Å². The number of ether oxygens (including phenoxy) is 3. The largest absolute Gasteiger partial charge is 0.463 e. The molecule has 0 rings (SSSR count). The molecule has 0 aliphatic heterocycles. The van der Waals surface area contributed by atoms with Crippen LogP contribution in [0.3, 0.4) is 0 Å². The second kappa shape index (κ2) is 21.6. The van der Waals surface area contributed by atoms with E-state index in [0.29, 0.717) is 19.8 Å². The van der Waals surface area contributed by atoms with Crippen molar-refractivity contribution in [2.75, 3.05) is 33.5 Å². The smallest absolute Gasteiger partial charge is 0.332 e. The molecule has 0 spiro atoms. The third-order valence-electron chi connectivity index (χ3n) is 6.00. The molecule has 0 saturated carbocycles. The number of rotatable bonds is 23. The first-order valence-corrected chi connectivity index (χ1v) is 12.8. The summed E-state index contributed by atoms with van der Waals surface area (Å²) >= 11 is 0. The van der Waals surface area contributed by atoms with E-state index in [1.165, 1.54) is 89.9 Å². The van der Waals surface area contributed by atoms with Crippen molar-refractivity contribution < 1.29 is 19.0 Å². The zero-order chi connectivity index (χ0) is 22.3. The van der Waals surface area contributed by atoms with Crippen LogP contribution >= 0.6 is 0 Å². The van der Waals surface area contributed by atoms with Crippen molar-refractivity contribution in [2.45, 2.75) is 124 Å². The molecule has 0 radical (unpaired) electrons. The van der Waals surface area contributed by atoms with Gasteiger partial charge in [-0.05, 0) is 12.8 Å². The first-order chi connectivity index (χ1) is 14.6. The van der Waals surface area contributed by atoms with Gasteiger partial charge >= 0.3 is 5.97 Å². The maximum Gasteiger partial charge on any atom is 0.332 e. The highest BCUT2D eigenvalue weighted by molar-refractivity contribution is 5.70. The van der Waals surface area contributed by atoms with E-state index in [0.717, 1.165) is 12.8 Å². The second-order valence-corrected chi connectivity index (χ2v) is 9.26. The highest BCUT2D eigenvalue weighted by Gasteiger charge is 2.25. The van der Waals surface area contributed by atoms with Crippen LogP contribution in [0.5, 0.6) is 0 Å². The normalized spacial score (nSPS) is 13.3. The summed E-state index contributed by atoms with van der Waals surface area (Å²) in [6.07, 6.45) is 20.8. The Hall–Kier alpha value is -0.610. The van der Waals surface area contributed by atoms with Gasteiger partial charge in [-0.1, -0.05) is 111 Å². The van der Waals surface area contributed by atoms with Gasteiger partial charge in [-0.15, -0.1) is 0 Å².